The first kappa shape index (κ1) is 15.8. The Morgan fingerprint density at radius 1 is 1.30 bits per heavy atom. The van der Waals surface area contributed by atoms with E-state index in [-0.39, 0.29) is 24.8 Å². The Labute approximate surface area is 118 Å². The van der Waals surface area contributed by atoms with Gasteiger partial charge in [0.1, 0.15) is 5.75 Å². The Hall–Kier alpha value is -2.30. The van der Waals surface area contributed by atoms with E-state index in [1.807, 2.05) is 25.1 Å². The maximum Gasteiger partial charge on any atom is 0.307 e. The monoisotopic (exact) mass is 277 g/mol. The molecular weight excluding hydrogens is 258 g/mol. The van der Waals surface area contributed by atoms with E-state index in [0.717, 1.165) is 11.1 Å². The number of carbonyl (C=O) groups is 2. The summed E-state index contributed by atoms with van der Waals surface area (Å²) in [4.78, 5) is 22.5. The second kappa shape index (κ2) is 7.99. The number of methoxy groups -OCH3 is 2. The summed E-state index contributed by atoms with van der Waals surface area (Å²) < 4.78 is 9.70. The van der Waals surface area contributed by atoms with E-state index in [4.69, 9.17) is 4.74 Å². The van der Waals surface area contributed by atoms with Crippen LogP contribution < -0.4 is 10.1 Å². The maximum atomic E-state index is 11.6. The Morgan fingerprint density at radius 3 is 2.70 bits per heavy atom. The average Bonchev–Trinajstić information content (AvgIpc) is 2.45. The highest BCUT2D eigenvalue weighted by atomic mass is 16.5. The average molecular weight is 277 g/mol. The van der Waals surface area contributed by atoms with Gasteiger partial charge in [-0.15, -0.1) is 0 Å². The number of aryl methyl sites for hydroxylation is 1. The zero-order valence-electron chi connectivity index (χ0n) is 11.9. The number of hydrogen-bond acceptors (Lipinski definition) is 4. The maximum absolute atomic E-state index is 11.6. The quantitative estimate of drug-likeness (QED) is 0.635. The minimum Gasteiger partial charge on any atom is -0.496 e. The second-order valence-electron chi connectivity index (χ2n) is 4.20. The summed E-state index contributed by atoms with van der Waals surface area (Å²) in [6, 6.07) is 5.72. The topological polar surface area (TPSA) is 64.6 Å². The van der Waals surface area contributed by atoms with Crippen LogP contribution in [0.3, 0.4) is 0 Å². The van der Waals surface area contributed by atoms with Crippen LogP contribution in [0, 0.1) is 6.92 Å². The van der Waals surface area contributed by atoms with Crippen molar-refractivity contribution < 1.29 is 19.1 Å². The fraction of sp³-hybridized carbons (Fsp3) is 0.333. The molecule has 1 N–H and O–H groups in total. The van der Waals surface area contributed by atoms with Gasteiger partial charge >= 0.3 is 5.97 Å². The fourth-order valence-electron chi connectivity index (χ4n) is 1.60. The van der Waals surface area contributed by atoms with Gasteiger partial charge in [0.15, 0.2) is 0 Å². The molecule has 5 nitrogen and oxygen atoms in total. The number of amides is 1. The van der Waals surface area contributed by atoms with Crippen LogP contribution in [-0.4, -0.2) is 32.6 Å². The van der Waals surface area contributed by atoms with Crippen molar-refractivity contribution in [1.82, 2.24) is 5.32 Å². The van der Waals surface area contributed by atoms with E-state index in [1.165, 1.54) is 13.2 Å². The van der Waals surface area contributed by atoms with E-state index >= 15 is 0 Å². The third-order valence-electron chi connectivity index (χ3n) is 2.66. The molecule has 1 rings (SSSR count). The molecule has 0 bridgehead atoms. The number of carbonyl (C=O) groups excluding carboxylic acids is 2. The van der Waals surface area contributed by atoms with Crippen LogP contribution in [0.2, 0.25) is 0 Å². The third kappa shape index (κ3) is 5.14. The van der Waals surface area contributed by atoms with Crippen LogP contribution in [0.1, 0.15) is 17.5 Å². The third-order valence-corrected chi connectivity index (χ3v) is 2.66. The molecule has 0 radical (unpaired) electrons. The van der Waals surface area contributed by atoms with Crippen LogP contribution in [0.5, 0.6) is 5.75 Å². The SMILES string of the molecule is COC(=O)CCNC(=O)C=Cc1cc(C)ccc1OC. The van der Waals surface area contributed by atoms with Crippen LogP contribution in [0.4, 0.5) is 0 Å². The normalized spacial score (nSPS) is 10.3. The summed E-state index contributed by atoms with van der Waals surface area (Å²) in [6.07, 6.45) is 3.25. The lowest BCUT2D eigenvalue weighted by molar-refractivity contribution is -0.140. The molecular formula is C15H19NO4. The minimum atomic E-state index is -0.352. The summed E-state index contributed by atoms with van der Waals surface area (Å²) in [5, 5.41) is 2.60. The molecule has 0 atom stereocenters. The van der Waals surface area contributed by atoms with Crippen molar-refractivity contribution in [2.45, 2.75) is 13.3 Å². The Balaban J connectivity index is 2.57. The molecule has 0 saturated heterocycles. The highest BCUT2D eigenvalue weighted by Gasteiger charge is 2.03. The molecule has 0 aromatic heterocycles. The Bertz CT molecular complexity index is 509. The number of esters is 1. The van der Waals surface area contributed by atoms with Crippen molar-refractivity contribution in [2.24, 2.45) is 0 Å². The molecule has 0 aliphatic heterocycles. The summed E-state index contributed by atoms with van der Waals surface area (Å²) in [7, 11) is 2.90. The number of benzene rings is 1. The van der Waals surface area contributed by atoms with E-state index < -0.39 is 0 Å². The van der Waals surface area contributed by atoms with E-state index in [1.54, 1.807) is 13.2 Å². The molecule has 1 aromatic carbocycles. The van der Waals surface area contributed by atoms with Gasteiger partial charge in [0.05, 0.1) is 20.6 Å². The van der Waals surface area contributed by atoms with E-state index in [2.05, 4.69) is 10.1 Å². The molecule has 5 heteroatoms. The van der Waals surface area contributed by atoms with Crippen molar-refractivity contribution in [2.75, 3.05) is 20.8 Å². The van der Waals surface area contributed by atoms with Crippen molar-refractivity contribution in [3.8, 4) is 5.75 Å². The van der Waals surface area contributed by atoms with Gasteiger partial charge in [-0.25, -0.2) is 0 Å². The zero-order valence-corrected chi connectivity index (χ0v) is 11.9. The lowest BCUT2D eigenvalue weighted by Crippen LogP contribution is -2.24. The number of ether oxygens (including phenoxy) is 2. The first-order valence-electron chi connectivity index (χ1n) is 6.24. The van der Waals surface area contributed by atoms with E-state index in [9.17, 15) is 9.59 Å². The Morgan fingerprint density at radius 2 is 2.05 bits per heavy atom. The predicted octanol–water partition coefficient (Wildman–Crippen LogP) is 1.70. The zero-order chi connectivity index (χ0) is 15.0. The van der Waals surface area contributed by atoms with Gasteiger partial charge in [0, 0.05) is 18.2 Å². The van der Waals surface area contributed by atoms with Gasteiger partial charge in [0.2, 0.25) is 5.91 Å². The number of hydrogen-bond donors (Lipinski definition) is 1. The molecule has 0 spiro atoms. The highest BCUT2D eigenvalue weighted by Crippen LogP contribution is 2.20. The molecule has 1 amide bonds. The van der Waals surface area contributed by atoms with E-state index in [0.29, 0.717) is 5.75 Å². The Kier molecular flexibility index (Phi) is 6.29. The van der Waals surface area contributed by atoms with Gasteiger partial charge in [0.25, 0.3) is 0 Å². The summed E-state index contributed by atoms with van der Waals surface area (Å²) in [5.74, 6) is 0.0845. The molecule has 1 aromatic rings. The molecule has 0 saturated carbocycles. The first-order chi connectivity index (χ1) is 9.56. The lowest BCUT2D eigenvalue weighted by atomic mass is 10.1. The number of rotatable bonds is 6. The van der Waals surface area contributed by atoms with Gasteiger partial charge in [-0.3, -0.25) is 9.59 Å². The van der Waals surface area contributed by atoms with Crippen molar-refractivity contribution >= 4 is 18.0 Å². The molecule has 108 valence electrons. The van der Waals surface area contributed by atoms with Crippen molar-refractivity contribution in [3.63, 3.8) is 0 Å². The van der Waals surface area contributed by atoms with Gasteiger partial charge in [-0.1, -0.05) is 11.6 Å². The first-order valence-corrected chi connectivity index (χ1v) is 6.24. The van der Waals surface area contributed by atoms with Gasteiger partial charge in [-0.2, -0.15) is 0 Å². The smallest absolute Gasteiger partial charge is 0.307 e. The lowest BCUT2D eigenvalue weighted by Gasteiger charge is -2.05. The van der Waals surface area contributed by atoms with Crippen molar-refractivity contribution in [1.29, 1.82) is 0 Å². The predicted molar refractivity (Wildman–Crippen MR) is 76.4 cm³/mol. The molecule has 0 aliphatic rings. The molecule has 0 heterocycles. The van der Waals surface area contributed by atoms with Crippen LogP contribution >= 0.6 is 0 Å². The van der Waals surface area contributed by atoms with Crippen molar-refractivity contribution in [3.05, 3.63) is 35.4 Å². The molecule has 20 heavy (non-hydrogen) atoms. The standard InChI is InChI=1S/C15H19NO4/c1-11-4-6-13(19-2)12(10-11)5-7-14(17)16-9-8-15(18)20-3/h4-7,10H,8-9H2,1-3H3,(H,16,17). The second-order valence-corrected chi connectivity index (χ2v) is 4.20. The molecule has 0 aliphatic carbocycles. The molecule has 0 unspecified atom stereocenters. The van der Waals surface area contributed by atoms with Gasteiger partial charge < -0.3 is 14.8 Å². The summed E-state index contributed by atoms with van der Waals surface area (Å²) in [6.45, 7) is 2.22. The van der Waals surface area contributed by atoms with Gasteiger partial charge in [-0.05, 0) is 25.1 Å². The highest BCUT2D eigenvalue weighted by molar-refractivity contribution is 5.92. The van der Waals surface area contributed by atoms with Crippen LogP contribution in [-0.2, 0) is 14.3 Å². The fourth-order valence-corrected chi connectivity index (χ4v) is 1.60. The molecule has 0 fully saturated rings. The van der Waals surface area contributed by atoms with Crippen LogP contribution in [0.25, 0.3) is 6.08 Å². The minimum absolute atomic E-state index is 0.157. The summed E-state index contributed by atoms with van der Waals surface area (Å²) in [5.41, 5.74) is 1.91. The van der Waals surface area contributed by atoms with Crippen LogP contribution in [0.15, 0.2) is 24.3 Å². The largest absolute Gasteiger partial charge is 0.496 e. The number of nitrogens with one attached hydrogen (secondary N) is 1. The summed E-state index contributed by atoms with van der Waals surface area (Å²) >= 11 is 0.